The van der Waals surface area contributed by atoms with E-state index < -0.39 is 65.2 Å². The number of nitrogens with one attached hydrogen (secondary N) is 1. The molecular weight excluding hydrogens is 627 g/mol. The first kappa shape index (κ1) is 34.1. The zero-order valence-corrected chi connectivity index (χ0v) is 24.7. The van der Waals surface area contributed by atoms with Crippen molar-refractivity contribution in [3.8, 4) is 5.75 Å². The van der Waals surface area contributed by atoms with Gasteiger partial charge in [-0.3, -0.25) is 4.79 Å². The van der Waals surface area contributed by atoms with Crippen LogP contribution in [0.4, 0.5) is 27.6 Å². The van der Waals surface area contributed by atoms with Crippen LogP contribution >= 0.6 is 0 Å². The number of hydrogen-bond acceptors (Lipinski definition) is 8. The Bertz CT molecular complexity index is 1550. The van der Waals surface area contributed by atoms with Gasteiger partial charge in [-0.25, -0.2) is 8.42 Å². The number of aliphatic hydroxyl groups is 2. The van der Waals surface area contributed by atoms with E-state index in [4.69, 9.17) is 4.74 Å². The Kier molecular flexibility index (Phi) is 10.4. The number of nitrogens with zero attached hydrogens (tertiary/aromatic N) is 1. The second kappa shape index (κ2) is 13.7. The Labute approximate surface area is 256 Å². The van der Waals surface area contributed by atoms with Crippen LogP contribution in [0.1, 0.15) is 40.9 Å². The Balaban J connectivity index is 1.47. The fourth-order valence-corrected chi connectivity index (χ4v) is 5.82. The standard InChI is InChI=1S/C30H31F5N2O7S/c1-2-45(41,42)25-13-5-19(6-14-25)26(16-38)36-27(39)20-3-9-22(10-4-20)37-18-29(40,15-23(37)17-43-28(31)32)44-24-11-7-21(8-12-24)30(33,34)35/h3-14,23,26,28,38,40H,2,15-18H2,1H3,(H,36,39)/t23-,26-,29?/m0/s1. The molecule has 0 spiro atoms. The summed E-state index contributed by atoms with van der Waals surface area (Å²) in [5, 5.41) is 23.7. The van der Waals surface area contributed by atoms with Crippen LogP contribution in [-0.4, -0.2) is 68.5 Å². The molecule has 1 heterocycles. The summed E-state index contributed by atoms with van der Waals surface area (Å²) in [5.74, 6) is -2.67. The first-order valence-corrected chi connectivity index (χ1v) is 15.4. The number of aliphatic hydroxyl groups excluding tert-OH is 1. The van der Waals surface area contributed by atoms with Crippen molar-refractivity contribution >= 4 is 21.4 Å². The Morgan fingerprint density at radius 3 is 2.20 bits per heavy atom. The number of ether oxygens (including phenoxy) is 2. The van der Waals surface area contributed by atoms with Gasteiger partial charge in [-0.1, -0.05) is 19.1 Å². The van der Waals surface area contributed by atoms with Crippen molar-refractivity contribution in [3.05, 3.63) is 89.5 Å². The average Bonchev–Trinajstić information content (AvgIpc) is 3.34. The van der Waals surface area contributed by atoms with Gasteiger partial charge in [-0.05, 0) is 66.2 Å². The molecule has 3 aromatic rings. The van der Waals surface area contributed by atoms with Crippen LogP contribution < -0.4 is 15.0 Å². The average molecular weight is 659 g/mol. The van der Waals surface area contributed by atoms with E-state index >= 15 is 0 Å². The molecule has 1 aliphatic rings. The summed E-state index contributed by atoms with van der Waals surface area (Å²) in [6.07, 6.45) is -4.79. The van der Waals surface area contributed by atoms with E-state index in [1.54, 1.807) is 0 Å². The minimum Gasteiger partial charge on any atom is -0.461 e. The van der Waals surface area contributed by atoms with Crippen molar-refractivity contribution in [1.29, 1.82) is 0 Å². The Morgan fingerprint density at radius 1 is 1.04 bits per heavy atom. The van der Waals surface area contributed by atoms with Gasteiger partial charge < -0.3 is 29.9 Å². The monoisotopic (exact) mass is 658 g/mol. The van der Waals surface area contributed by atoms with Crippen molar-refractivity contribution in [1.82, 2.24) is 5.32 Å². The van der Waals surface area contributed by atoms with E-state index in [2.05, 4.69) is 10.1 Å². The van der Waals surface area contributed by atoms with E-state index in [0.717, 1.165) is 24.3 Å². The van der Waals surface area contributed by atoms with E-state index in [9.17, 15) is 45.4 Å². The molecule has 1 unspecified atom stereocenters. The smallest absolute Gasteiger partial charge is 0.416 e. The summed E-state index contributed by atoms with van der Waals surface area (Å²) >= 11 is 0. The van der Waals surface area contributed by atoms with Gasteiger partial charge in [0.1, 0.15) is 5.75 Å². The van der Waals surface area contributed by atoms with Crippen LogP contribution in [-0.2, 0) is 20.8 Å². The maximum Gasteiger partial charge on any atom is 0.416 e. The number of amides is 1. The zero-order valence-electron chi connectivity index (χ0n) is 23.9. The van der Waals surface area contributed by atoms with Gasteiger partial charge in [-0.15, -0.1) is 0 Å². The third kappa shape index (κ3) is 8.48. The van der Waals surface area contributed by atoms with Gasteiger partial charge in [-0.2, -0.15) is 22.0 Å². The molecule has 0 aliphatic carbocycles. The van der Waals surface area contributed by atoms with Crippen LogP contribution in [0.2, 0.25) is 0 Å². The second-order valence-electron chi connectivity index (χ2n) is 10.4. The highest BCUT2D eigenvalue weighted by atomic mass is 32.2. The largest absolute Gasteiger partial charge is 0.461 e. The van der Waals surface area contributed by atoms with Gasteiger partial charge in [0.2, 0.25) is 5.79 Å². The summed E-state index contributed by atoms with van der Waals surface area (Å²) in [6.45, 7) is -2.80. The number of hydrogen-bond donors (Lipinski definition) is 3. The number of alkyl halides is 5. The number of sulfone groups is 1. The van der Waals surface area contributed by atoms with Crippen molar-refractivity contribution < 1.29 is 54.9 Å². The zero-order chi connectivity index (χ0) is 33.0. The van der Waals surface area contributed by atoms with Gasteiger partial charge in [0.05, 0.1) is 48.1 Å². The third-order valence-electron chi connectivity index (χ3n) is 7.29. The van der Waals surface area contributed by atoms with E-state index in [1.807, 2.05) is 0 Å². The number of halogens is 5. The molecule has 1 saturated heterocycles. The first-order valence-electron chi connectivity index (χ1n) is 13.7. The van der Waals surface area contributed by atoms with Crippen LogP contribution in [0.3, 0.4) is 0 Å². The topological polar surface area (TPSA) is 125 Å². The van der Waals surface area contributed by atoms with E-state index in [1.165, 1.54) is 60.4 Å². The summed E-state index contributed by atoms with van der Waals surface area (Å²) < 4.78 is 98.7. The number of anilines is 1. The SMILES string of the molecule is CCS(=O)(=O)c1ccc([C@H](CO)NC(=O)c2ccc(N3CC(O)(Oc4ccc(C(F)(F)F)cc4)C[C@H]3COC(F)F)cc2)cc1. The van der Waals surface area contributed by atoms with E-state index in [-0.39, 0.29) is 34.9 Å². The molecule has 1 fully saturated rings. The molecule has 15 heteroatoms. The number of rotatable bonds is 12. The number of carbonyl (C=O) groups excluding carboxylic acids is 1. The first-order chi connectivity index (χ1) is 21.1. The molecule has 45 heavy (non-hydrogen) atoms. The predicted octanol–water partition coefficient (Wildman–Crippen LogP) is 4.55. The lowest BCUT2D eigenvalue weighted by atomic mass is 10.1. The van der Waals surface area contributed by atoms with Crippen LogP contribution in [0, 0.1) is 0 Å². The molecule has 1 aliphatic heterocycles. The van der Waals surface area contributed by atoms with Crippen molar-refractivity contribution in [2.45, 2.75) is 48.9 Å². The number of benzene rings is 3. The quantitative estimate of drug-likeness (QED) is 0.191. The van der Waals surface area contributed by atoms with Crippen LogP contribution in [0.5, 0.6) is 5.75 Å². The van der Waals surface area contributed by atoms with Crippen molar-refractivity contribution in [2.75, 3.05) is 30.4 Å². The highest BCUT2D eigenvalue weighted by molar-refractivity contribution is 7.91. The summed E-state index contributed by atoms with van der Waals surface area (Å²) in [4.78, 5) is 14.6. The lowest BCUT2D eigenvalue weighted by Gasteiger charge is -2.27. The molecule has 0 aromatic heterocycles. The highest BCUT2D eigenvalue weighted by Crippen LogP contribution is 2.36. The molecule has 4 rings (SSSR count). The molecule has 9 nitrogen and oxygen atoms in total. The molecule has 0 saturated carbocycles. The van der Waals surface area contributed by atoms with Crippen LogP contribution in [0.25, 0.3) is 0 Å². The second-order valence-corrected chi connectivity index (χ2v) is 12.7. The molecule has 0 radical (unpaired) electrons. The minimum absolute atomic E-state index is 0.0621. The summed E-state index contributed by atoms with van der Waals surface area (Å²) in [5.41, 5.74) is 0.155. The maximum atomic E-state index is 13.0. The van der Waals surface area contributed by atoms with Gasteiger partial charge >= 0.3 is 12.8 Å². The van der Waals surface area contributed by atoms with Crippen molar-refractivity contribution in [2.24, 2.45) is 0 Å². The third-order valence-corrected chi connectivity index (χ3v) is 9.04. The molecule has 3 atom stereocenters. The molecule has 244 valence electrons. The van der Waals surface area contributed by atoms with Gasteiger partial charge in [0.25, 0.3) is 5.91 Å². The number of β-amino-alcohol motifs (C(OH)–C–C–N with tert-alkyl or cyclic N) is 1. The number of carbonyl (C=O) groups is 1. The van der Waals surface area contributed by atoms with E-state index in [0.29, 0.717) is 11.3 Å². The van der Waals surface area contributed by atoms with Gasteiger partial charge in [0, 0.05) is 17.7 Å². The predicted molar refractivity (Wildman–Crippen MR) is 153 cm³/mol. The normalized spacial score (nSPS) is 19.5. The van der Waals surface area contributed by atoms with Crippen molar-refractivity contribution in [3.63, 3.8) is 0 Å². The van der Waals surface area contributed by atoms with Crippen LogP contribution in [0.15, 0.2) is 77.7 Å². The fourth-order valence-electron chi connectivity index (χ4n) is 4.93. The minimum atomic E-state index is -4.56. The lowest BCUT2D eigenvalue weighted by molar-refractivity contribution is -0.142. The Hall–Kier alpha value is -3.79. The molecule has 0 bridgehead atoms. The molecular formula is C30H31F5N2O7S. The van der Waals surface area contributed by atoms with Gasteiger partial charge in [0.15, 0.2) is 9.84 Å². The lowest BCUT2D eigenvalue weighted by Crippen LogP contribution is -2.39. The molecule has 1 amide bonds. The fraction of sp³-hybridized carbons (Fsp3) is 0.367. The maximum absolute atomic E-state index is 13.0. The Morgan fingerprint density at radius 2 is 1.67 bits per heavy atom. The molecule has 3 aromatic carbocycles. The highest BCUT2D eigenvalue weighted by Gasteiger charge is 2.45. The summed E-state index contributed by atoms with van der Waals surface area (Å²) in [7, 11) is -3.43. The molecule has 3 N–H and O–H groups in total. The summed E-state index contributed by atoms with van der Waals surface area (Å²) in [6, 6.07) is 13.7.